The molecule has 1 aliphatic rings. The molecule has 0 atom stereocenters. The number of ether oxygens (including phenoxy) is 3. The lowest BCUT2D eigenvalue weighted by Gasteiger charge is -2.19. The van der Waals surface area contributed by atoms with Crippen LogP contribution in [0.3, 0.4) is 0 Å². The van der Waals surface area contributed by atoms with Crippen molar-refractivity contribution in [3.05, 3.63) is 53.1 Å². The summed E-state index contributed by atoms with van der Waals surface area (Å²) in [5.41, 5.74) is 2.30. The molecule has 0 spiro atoms. The molecule has 4 heteroatoms. The van der Waals surface area contributed by atoms with Crippen molar-refractivity contribution in [2.45, 2.75) is 0 Å². The second-order valence-electron chi connectivity index (χ2n) is 4.98. The third kappa shape index (κ3) is 3.63. The fourth-order valence-electron chi connectivity index (χ4n) is 2.24. The number of benzene rings is 2. The van der Waals surface area contributed by atoms with Gasteiger partial charge < -0.3 is 19.3 Å². The van der Waals surface area contributed by atoms with Crippen molar-refractivity contribution in [2.75, 3.05) is 26.9 Å². The summed E-state index contributed by atoms with van der Waals surface area (Å²) < 4.78 is 16.3. The van der Waals surface area contributed by atoms with Gasteiger partial charge >= 0.3 is 0 Å². The van der Waals surface area contributed by atoms with Crippen LogP contribution in [0.25, 0.3) is 0 Å². The number of aliphatic hydroxyl groups is 1. The van der Waals surface area contributed by atoms with Gasteiger partial charge in [-0.15, -0.1) is 0 Å². The van der Waals surface area contributed by atoms with Crippen LogP contribution in [0, 0.1) is 23.7 Å². The Morgan fingerprint density at radius 3 is 2.17 bits per heavy atom. The molecule has 0 aliphatic carbocycles. The molecule has 24 heavy (non-hydrogen) atoms. The fraction of sp³-hybridized carbons (Fsp3) is 0.200. The largest absolute Gasteiger partial charge is 0.497 e. The normalized spacial score (nSPS) is 11.6. The lowest BCUT2D eigenvalue weighted by atomic mass is 10.1. The van der Waals surface area contributed by atoms with Crippen LogP contribution in [0.4, 0.5) is 0 Å². The van der Waals surface area contributed by atoms with Crippen molar-refractivity contribution < 1.29 is 19.3 Å². The van der Waals surface area contributed by atoms with Crippen molar-refractivity contribution in [2.24, 2.45) is 0 Å². The molecule has 0 bridgehead atoms. The highest BCUT2D eigenvalue weighted by atomic mass is 16.6. The first-order valence-corrected chi connectivity index (χ1v) is 7.49. The van der Waals surface area contributed by atoms with E-state index in [9.17, 15) is 0 Å². The SMILES string of the molecule is COc1ccc(C#Cc2cc3c(cc2C#CCO)OCCO3)cc1. The molecule has 4 nitrogen and oxygen atoms in total. The van der Waals surface area contributed by atoms with Gasteiger partial charge in [-0.1, -0.05) is 23.7 Å². The molecule has 1 heterocycles. The average Bonchev–Trinajstić information content (AvgIpc) is 2.64. The summed E-state index contributed by atoms with van der Waals surface area (Å²) in [5, 5.41) is 8.94. The molecule has 2 aromatic rings. The Balaban J connectivity index is 1.97. The van der Waals surface area contributed by atoms with Gasteiger partial charge in [-0.05, 0) is 24.3 Å². The second-order valence-corrected chi connectivity index (χ2v) is 4.98. The summed E-state index contributed by atoms with van der Waals surface area (Å²) in [6, 6.07) is 11.1. The van der Waals surface area contributed by atoms with Crippen LogP contribution in [0.2, 0.25) is 0 Å². The highest BCUT2D eigenvalue weighted by Crippen LogP contribution is 2.32. The summed E-state index contributed by atoms with van der Waals surface area (Å²) in [7, 11) is 1.63. The number of fused-ring (bicyclic) bond motifs is 1. The lowest BCUT2D eigenvalue weighted by Crippen LogP contribution is -2.15. The number of aliphatic hydroxyl groups excluding tert-OH is 1. The Morgan fingerprint density at radius 1 is 0.958 bits per heavy atom. The van der Waals surface area contributed by atoms with Crippen molar-refractivity contribution in [1.29, 1.82) is 0 Å². The lowest BCUT2D eigenvalue weighted by molar-refractivity contribution is 0.171. The standard InChI is InChI=1S/C20H16O4/c1-22-18-8-5-15(6-9-18)4-7-17-14-20-19(23-11-12-24-20)13-16(17)3-2-10-21/h5-6,8-9,13-14,21H,10-12H2,1H3. The average molecular weight is 320 g/mol. The number of hydrogen-bond donors (Lipinski definition) is 1. The van der Waals surface area contributed by atoms with E-state index in [2.05, 4.69) is 23.7 Å². The van der Waals surface area contributed by atoms with E-state index < -0.39 is 0 Å². The number of methoxy groups -OCH3 is 1. The van der Waals surface area contributed by atoms with E-state index in [-0.39, 0.29) is 6.61 Å². The Kier molecular flexibility index (Phi) is 4.91. The Morgan fingerprint density at radius 2 is 1.58 bits per heavy atom. The second kappa shape index (κ2) is 7.46. The molecule has 2 aromatic carbocycles. The molecule has 0 saturated carbocycles. The van der Waals surface area contributed by atoms with Crippen molar-refractivity contribution in [3.63, 3.8) is 0 Å². The summed E-state index contributed by atoms with van der Waals surface area (Å²) in [4.78, 5) is 0. The quantitative estimate of drug-likeness (QED) is 0.819. The summed E-state index contributed by atoms with van der Waals surface area (Å²) >= 11 is 0. The molecule has 3 rings (SSSR count). The van der Waals surface area contributed by atoms with Gasteiger partial charge in [0.15, 0.2) is 11.5 Å². The van der Waals surface area contributed by atoms with Crippen LogP contribution >= 0.6 is 0 Å². The van der Waals surface area contributed by atoms with Crippen LogP contribution in [0.15, 0.2) is 36.4 Å². The summed E-state index contributed by atoms with van der Waals surface area (Å²) in [6.45, 7) is 0.816. The maximum absolute atomic E-state index is 8.94. The fourth-order valence-corrected chi connectivity index (χ4v) is 2.24. The van der Waals surface area contributed by atoms with E-state index in [0.29, 0.717) is 30.3 Å². The highest BCUT2D eigenvalue weighted by molar-refractivity contribution is 5.60. The number of rotatable bonds is 1. The Hall–Kier alpha value is -3.08. The molecule has 1 aliphatic heterocycles. The molecule has 120 valence electrons. The van der Waals surface area contributed by atoms with E-state index in [1.165, 1.54) is 0 Å². The minimum Gasteiger partial charge on any atom is -0.497 e. The topological polar surface area (TPSA) is 47.9 Å². The van der Waals surface area contributed by atoms with E-state index >= 15 is 0 Å². The van der Waals surface area contributed by atoms with Crippen molar-refractivity contribution in [3.8, 4) is 40.9 Å². The molecular formula is C20H16O4. The smallest absolute Gasteiger partial charge is 0.162 e. The minimum absolute atomic E-state index is 0.209. The Bertz CT molecular complexity index is 845. The van der Waals surface area contributed by atoms with Gasteiger partial charge in [0.25, 0.3) is 0 Å². The van der Waals surface area contributed by atoms with Crippen molar-refractivity contribution >= 4 is 0 Å². The first kappa shape index (κ1) is 15.8. The van der Waals surface area contributed by atoms with E-state index in [1.54, 1.807) is 13.2 Å². The van der Waals surface area contributed by atoms with E-state index in [0.717, 1.165) is 16.9 Å². The predicted molar refractivity (Wildman–Crippen MR) is 90.4 cm³/mol. The maximum atomic E-state index is 8.94. The maximum Gasteiger partial charge on any atom is 0.162 e. The third-order valence-electron chi connectivity index (χ3n) is 3.42. The molecule has 0 amide bonds. The van der Waals surface area contributed by atoms with Crippen molar-refractivity contribution in [1.82, 2.24) is 0 Å². The third-order valence-corrected chi connectivity index (χ3v) is 3.42. The first-order valence-electron chi connectivity index (χ1n) is 7.49. The van der Waals surface area contributed by atoms with Crippen LogP contribution in [-0.2, 0) is 0 Å². The van der Waals surface area contributed by atoms with Gasteiger partial charge in [-0.25, -0.2) is 0 Å². The minimum atomic E-state index is -0.209. The molecule has 0 aromatic heterocycles. The van der Waals surface area contributed by atoms with Gasteiger partial charge in [-0.2, -0.15) is 0 Å². The van der Waals surface area contributed by atoms with Gasteiger partial charge in [0.05, 0.1) is 7.11 Å². The summed E-state index contributed by atoms with van der Waals surface area (Å²) in [6.07, 6.45) is 0. The van der Waals surface area contributed by atoms with Crippen LogP contribution in [0.1, 0.15) is 16.7 Å². The number of hydrogen-bond acceptors (Lipinski definition) is 4. The Labute approximate surface area is 141 Å². The van der Waals surface area contributed by atoms with Crippen LogP contribution in [0.5, 0.6) is 17.2 Å². The van der Waals surface area contributed by atoms with Crippen LogP contribution < -0.4 is 14.2 Å². The molecule has 0 saturated heterocycles. The van der Waals surface area contributed by atoms with E-state index in [4.69, 9.17) is 19.3 Å². The summed E-state index contributed by atoms with van der Waals surface area (Å²) in [5.74, 6) is 13.9. The highest BCUT2D eigenvalue weighted by Gasteiger charge is 2.14. The molecule has 0 unspecified atom stereocenters. The van der Waals surface area contributed by atoms with Crippen LogP contribution in [-0.4, -0.2) is 32.0 Å². The van der Waals surface area contributed by atoms with Gasteiger partial charge in [-0.3, -0.25) is 0 Å². The van der Waals surface area contributed by atoms with Gasteiger partial charge in [0, 0.05) is 28.8 Å². The zero-order chi connectivity index (χ0) is 16.8. The predicted octanol–water partition coefficient (Wildman–Crippen LogP) is 2.21. The molecule has 0 radical (unpaired) electrons. The monoisotopic (exact) mass is 320 g/mol. The first-order chi connectivity index (χ1) is 11.8. The molecular weight excluding hydrogens is 304 g/mol. The van der Waals surface area contributed by atoms with E-state index in [1.807, 2.05) is 30.3 Å². The zero-order valence-electron chi connectivity index (χ0n) is 13.3. The molecule has 0 fully saturated rings. The molecule has 1 N–H and O–H groups in total. The zero-order valence-corrected chi connectivity index (χ0v) is 13.3. The van der Waals surface area contributed by atoms with Gasteiger partial charge in [0.2, 0.25) is 0 Å². The van der Waals surface area contributed by atoms with Gasteiger partial charge in [0.1, 0.15) is 25.6 Å².